The van der Waals surface area contributed by atoms with E-state index in [9.17, 15) is 9.59 Å². The van der Waals surface area contributed by atoms with E-state index in [0.29, 0.717) is 21.8 Å². The Morgan fingerprint density at radius 2 is 2.00 bits per heavy atom. The summed E-state index contributed by atoms with van der Waals surface area (Å²) >= 11 is 1.26. The van der Waals surface area contributed by atoms with Crippen molar-refractivity contribution < 1.29 is 9.21 Å². The molecule has 1 aromatic carbocycles. The van der Waals surface area contributed by atoms with Crippen molar-refractivity contribution >= 4 is 28.6 Å². The van der Waals surface area contributed by atoms with Crippen LogP contribution in [-0.2, 0) is 4.79 Å². The summed E-state index contributed by atoms with van der Waals surface area (Å²) in [5.74, 6) is 0.727. The van der Waals surface area contributed by atoms with Gasteiger partial charge in [-0.3, -0.25) is 14.2 Å². The van der Waals surface area contributed by atoms with E-state index >= 15 is 0 Å². The quantitative estimate of drug-likeness (QED) is 0.530. The van der Waals surface area contributed by atoms with E-state index in [2.05, 4.69) is 10.3 Å². The van der Waals surface area contributed by atoms with Crippen LogP contribution in [-0.4, -0.2) is 21.2 Å². The third kappa shape index (κ3) is 3.83. The molecule has 0 aliphatic rings. The molecular weight excluding hydrogens is 350 g/mol. The molecule has 1 atom stereocenters. The van der Waals surface area contributed by atoms with Gasteiger partial charge in [0.15, 0.2) is 5.16 Å². The number of fused-ring (bicyclic) bond motifs is 1. The zero-order chi connectivity index (χ0) is 18.7. The van der Waals surface area contributed by atoms with Crippen molar-refractivity contribution in [1.29, 1.82) is 0 Å². The van der Waals surface area contributed by atoms with E-state index in [4.69, 9.17) is 4.42 Å². The van der Waals surface area contributed by atoms with Crippen molar-refractivity contribution in [3.63, 3.8) is 0 Å². The van der Waals surface area contributed by atoms with Gasteiger partial charge in [-0.1, -0.05) is 23.9 Å². The average molecular weight is 371 g/mol. The van der Waals surface area contributed by atoms with Crippen LogP contribution in [0.2, 0.25) is 0 Å². The maximum Gasteiger partial charge on any atom is 0.262 e. The van der Waals surface area contributed by atoms with Crippen molar-refractivity contribution in [2.24, 2.45) is 0 Å². The van der Waals surface area contributed by atoms with E-state index < -0.39 is 0 Å². The summed E-state index contributed by atoms with van der Waals surface area (Å²) in [5, 5.41) is 4.01. The molecule has 3 aromatic rings. The molecule has 0 unspecified atom stereocenters. The van der Waals surface area contributed by atoms with E-state index in [1.165, 1.54) is 11.8 Å². The second kappa shape index (κ2) is 7.78. The van der Waals surface area contributed by atoms with Crippen LogP contribution in [0.1, 0.15) is 38.6 Å². The zero-order valence-corrected chi connectivity index (χ0v) is 15.7. The van der Waals surface area contributed by atoms with Crippen LogP contribution >= 0.6 is 11.8 Å². The third-order valence-electron chi connectivity index (χ3n) is 3.97. The minimum Gasteiger partial charge on any atom is -0.467 e. The molecule has 136 valence electrons. The first-order valence-corrected chi connectivity index (χ1v) is 9.42. The number of carbonyl (C=O) groups is 1. The lowest BCUT2D eigenvalue weighted by molar-refractivity contribution is -0.119. The van der Waals surface area contributed by atoms with Crippen LogP contribution in [0.4, 0.5) is 0 Å². The Balaban J connectivity index is 1.79. The van der Waals surface area contributed by atoms with Gasteiger partial charge in [0.1, 0.15) is 5.76 Å². The van der Waals surface area contributed by atoms with Gasteiger partial charge in [0.2, 0.25) is 5.91 Å². The molecule has 0 bridgehead atoms. The molecule has 26 heavy (non-hydrogen) atoms. The number of aromatic nitrogens is 2. The number of furan rings is 1. The number of thioether (sulfide) groups is 1. The number of rotatable bonds is 6. The van der Waals surface area contributed by atoms with E-state index in [0.717, 1.165) is 0 Å². The number of nitrogens with one attached hydrogen (secondary N) is 1. The van der Waals surface area contributed by atoms with Crippen LogP contribution in [0.15, 0.2) is 57.0 Å². The van der Waals surface area contributed by atoms with Gasteiger partial charge in [-0.25, -0.2) is 4.98 Å². The van der Waals surface area contributed by atoms with Gasteiger partial charge in [0.05, 0.1) is 29.0 Å². The van der Waals surface area contributed by atoms with Crippen molar-refractivity contribution in [1.82, 2.24) is 14.9 Å². The van der Waals surface area contributed by atoms with Gasteiger partial charge in [-0.15, -0.1) is 0 Å². The molecule has 0 spiro atoms. The summed E-state index contributed by atoms with van der Waals surface area (Å²) in [5.41, 5.74) is 0.554. The van der Waals surface area contributed by atoms with Gasteiger partial charge >= 0.3 is 0 Å². The number of carbonyl (C=O) groups excluding carboxylic acids is 1. The van der Waals surface area contributed by atoms with E-state index in [1.54, 1.807) is 23.0 Å². The van der Waals surface area contributed by atoms with E-state index in [-0.39, 0.29) is 29.3 Å². The smallest absolute Gasteiger partial charge is 0.262 e. The van der Waals surface area contributed by atoms with Gasteiger partial charge in [0, 0.05) is 6.04 Å². The van der Waals surface area contributed by atoms with Crippen LogP contribution in [0.5, 0.6) is 0 Å². The molecule has 0 saturated heterocycles. The fourth-order valence-corrected chi connectivity index (χ4v) is 3.64. The number of nitrogens with zero attached hydrogens (tertiary/aromatic N) is 2. The molecule has 0 aliphatic carbocycles. The SMILES string of the molecule is CC(C)n1c(SCC(=O)N[C@H](C)c2ccco2)nc2ccccc2c1=O. The number of para-hydroxylation sites is 1. The van der Waals surface area contributed by atoms with Crippen LogP contribution in [0.25, 0.3) is 10.9 Å². The molecule has 0 fully saturated rings. The molecule has 3 rings (SSSR count). The lowest BCUT2D eigenvalue weighted by atomic mass is 10.2. The van der Waals surface area contributed by atoms with Gasteiger partial charge in [-0.2, -0.15) is 0 Å². The fourth-order valence-electron chi connectivity index (χ4n) is 2.70. The number of hydrogen-bond acceptors (Lipinski definition) is 5. The molecule has 2 heterocycles. The summed E-state index contributed by atoms with van der Waals surface area (Å²) in [7, 11) is 0. The first kappa shape index (κ1) is 18.3. The normalized spacial score (nSPS) is 12.5. The molecular formula is C19H21N3O3S. The molecule has 1 N–H and O–H groups in total. The van der Waals surface area contributed by atoms with Crippen LogP contribution in [0.3, 0.4) is 0 Å². The Hall–Kier alpha value is -2.54. The topological polar surface area (TPSA) is 77.1 Å². The van der Waals surface area contributed by atoms with Gasteiger partial charge in [0.25, 0.3) is 5.56 Å². The van der Waals surface area contributed by atoms with Crippen molar-refractivity contribution in [3.05, 3.63) is 58.8 Å². The summed E-state index contributed by atoms with van der Waals surface area (Å²) in [4.78, 5) is 29.6. The van der Waals surface area contributed by atoms with Crippen molar-refractivity contribution in [3.8, 4) is 0 Å². The maximum atomic E-state index is 12.8. The lowest BCUT2D eigenvalue weighted by Gasteiger charge is -2.16. The molecule has 0 radical (unpaired) electrons. The predicted octanol–water partition coefficient (Wildman–Crippen LogP) is 3.54. The van der Waals surface area contributed by atoms with Crippen molar-refractivity contribution in [2.75, 3.05) is 5.75 Å². The lowest BCUT2D eigenvalue weighted by Crippen LogP contribution is -2.29. The van der Waals surface area contributed by atoms with Crippen LogP contribution in [0, 0.1) is 0 Å². The number of hydrogen-bond donors (Lipinski definition) is 1. The Kier molecular flexibility index (Phi) is 5.46. The number of amides is 1. The minimum atomic E-state index is -0.213. The highest BCUT2D eigenvalue weighted by Gasteiger charge is 2.16. The summed E-state index contributed by atoms with van der Waals surface area (Å²) in [6.07, 6.45) is 1.58. The summed E-state index contributed by atoms with van der Waals surface area (Å²) in [6, 6.07) is 10.6. The Labute approximate surface area is 155 Å². The highest BCUT2D eigenvalue weighted by molar-refractivity contribution is 7.99. The monoisotopic (exact) mass is 371 g/mol. The summed E-state index contributed by atoms with van der Waals surface area (Å²) < 4.78 is 6.93. The molecule has 1 amide bonds. The first-order chi connectivity index (χ1) is 12.5. The summed E-state index contributed by atoms with van der Waals surface area (Å²) in [6.45, 7) is 5.72. The molecule has 2 aromatic heterocycles. The highest BCUT2D eigenvalue weighted by atomic mass is 32.2. The fraction of sp³-hybridized carbons (Fsp3) is 0.316. The van der Waals surface area contributed by atoms with Gasteiger partial charge in [-0.05, 0) is 45.0 Å². The van der Waals surface area contributed by atoms with E-state index in [1.807, 2.05) is 45.0 Å². The molecule has 6 nitrogen and oxygen atoms in total. The molecule has 0 aliphatic heterocycles. The van der Waals surface area contributed by atoms with Crippen molar-refractivity contribution in [2.45, 2.75) is 38.0 Å². The predicted molar refractivity (Wildman–Crippen MR) is 102 cm³/mol. The highest BCUT2D eigenvalue weighted by Crippen LogP contribution is 2.21. The second-order valence-corrected chi connectivity index (χ2v) is 7.22. The average Bonchev–Trinajstić information content (AvgIpc) is 3.14. The van der Waals surface area contributed by atoms with Crippen LogP contribution < -0.4 is 10.9 Å². The molecule has 7 heteroatoms. The van der Waals surface area contributed by atoms with Gasteiger partial charge < -0.3 is 9.73 Å². The first-order valence-electron chi connectivity index (χ1n) is 8.44. The Morgan fingerprint density at radius 3 is 2.69 bits per heavy atom. The maximum absolute atomic E-state index is 12.8. The largest absolute Gasteiger partial charge is 0.467 e. The third-order valence-corrected chi connectivity index (χ3v) is 4.92. The molecule has 0 saturated carbocycles. The Bertz CT molecular complexity index is 964. The Morgan fingerprint density at radius 1 is 1.23 bits per heavy atom. The minimum absolute atomic E-state index is 0.0489. The number of benzene rings is 1. The standard InChI is InChI=1S/C19H21N3O3S/c1-12(2)22-18(24)14-7-4-5-8-15(14)21-19(22)26-11-17(23)20-13(3)16-9-6-10-25-16/h4-10,12-13H,11H2,1-3H3,(H,20,23)/t13-/m1/s1. The second-order valence-electron chi connectivity index (χ2n) is 6.27. The zero-order valence-electron chi connectivity index (χ0n) is 14.9.